The molecule has 6 aromatic carbocycles. The van der Waals surface area contributed by atoms with Crippen LogP contribution in [0.15, 0.2) is 115 Å². The first-order valence-corrected chi connectivity index (χ1v) is 23.7. The summed E-state index contributed by atoms with van der Waals surface area (Å²) in [6.07, 6.45) is 1.24. The predicted molar refractivity (Wildman–Crippen MR) is 266 cm³/mol. The van der Waals surface area contributed by atoms with Crippen LogP contribution in [0.1, 0.15) is 101 Å². The molecule has 1 aliphatic carbocycles. The van der Waals surface area contributed by atoms with Crippen LogP contribution in [-0.2, 0) is 46.6 Å². The third-order valence-corrected chi connectivity index (χ3v) is 12.0. The van der Waals surface area contributed by atoms with Gasteiger partial charge in [-0.1, -0.05) is 97.6 Å². The molecule has 8 bridgehead atoms. The van der Waals surface area contributed by atoms with Crippen molar-refractivity contribution in [3.8, 4) is 23.0 Å². The van der Waals surface area contributed by atoms with Gasteiger partial charge in [0.05, 0.1) is 18.8 Å². The molecule has 0 saturated heterocycles. The van der Waals surface area contributed by atoms with Crippen molar-refractivity contribution < 1.29 is 48.4 Å². The van der Waals surface area contributed by atoms with Crippen molar-refractivity contribution in [1.29, 1.82) is 0 Å². The zero-order valence-electron chi connectivity index (χ0n) is 40.0. The zero-order chi connectivity index (χ0) is 50.0. The minimum Gasteiger partial charge on any atom is -0.507 e. The molecule has 366 valence electrons. The number of para-hydroxylation sites is 3. The molecule has 7 aromatic rings. The fraction of sp³-hybridized carbons (Fsp3) is 0.273. The van der Waals surface area contributed by atoms with E-state index < -0.39 is 36.0 Å². The van der Waals surface area contributed by atoms with Crippen molar-refractivity contribution in [2.45, 2.75) is 84.9 Å². The van der Waals surface area contributed by atoms with Gasteiger partial charge < -0.3 is 45.2 Å². The summed E-state index contributed by atoms with van der Waals surface area (Å²) >= 11 is 0. The minimum atomic E-state index is -1.03. The van der Waals surface area contributed by atoms with E-state index in [1.165, 1.54) is 13.8 Å². The fourth-order valence-corrected chi connectivity index (χ4v) is 8.39. The van der Waals surface area contributed by atoms with Crippen LogP contribution < -0.4 is 30.3 Å². The molecule has 71 heavy (non-hydrogen) atoms. The maximum absolute atomic E-state index is 14.0. The lowest BCUT2D eigenvalue weighted by molar-refractivity contribution is -0.127. The Morgan fingerprint density at radius 3 is 1.68 bits per heavy atom. The Labute approximate surface area is 410 Å². The summed E-state index contributed by atoms with van der Waals surface area (Å²) in [5.41, 5.74) is 7.12. The van der Waals surface area contributed by atoms with Gasteiger partial charge in [0.15, 0.2) is 0 Å². The summed E-state index contributed by atoms with van der Waals surface area (Å²) in [6.45, 7) is 7.77. The van der Waals surface area contributed by atoms with Crippen LogP contribution >= 0.6 is 0 Å². The molecule has 3 amide bonds. The normalized spacial score (nSPS) is 12.8. The van der Waals surface area contributed by atoms with Crippen LogP contribution in [0.5, 0.6) is 23.0 Å². The van der Waals surface area contributed by atoms with Crippen molar-refractivity contribution in [3.63, 3.8) is 0 Å². The van der Waals surface area contributed by atoms with E-state index in [0.717, 1.165) is 21.5 Å². The van der Waals surface area contributed by atoms with E-state index >= 15 is 0 Å². The van der Waals surface area contributed by atoms with Gasteiger partial charge in [0, 0.05) is 42.5 Å². The quantitative estimate of drug-likeness (QED) is 0.0487. The number of phenolic OH excluding ortho intramolecular Hbond substituents is 2. The fourth-order valence-electron chi connectivity index (χ4n) is 8.39. The maximum atomic E-state index is 14.0. The molecule has 0 saturated carbocycles. The number of fused-ring (bicyclic) bond motifs is 9. The Morgan fingerprint density at radius 1 is 0.620 bits per heavy atom. The van der Waals surface area contributed by atoms with Gasteiger partial charge in [0.2, 0.25) is 11.8 Å². The Morgan fingerprint density at radius 2 is 1.13 bits per heavy atom. The highest BCUT2D eigenvalue weighted by Gasteiger charge is 2.26. The molecule has 1 aromatic heterocycles. The summed E-state index contributed by atoms with van der Waals surface area (Å²) in [4.78, 5) is 60.4. The van der Waals surface area contributed by atoms with Crippen molar-refractivity contribution in [1.82, 2.24) is 25.8 Å². The van der Waals surface area contributed by atoms with Gasteiger partial charge in [0.1, 0.15) is 52.7 Å². The summed E-state index contributed by atoms with van der Waals surface area (Å²) < 4.78 is 18.2. The summed E-state index contributed by atoms with van der Waals surface area (Å²) in [5.74, 6) is -0.739. The second-order valence-corrected chi connectivity index (χ2v) is 17.5. The standard InChI is InChI=1S/C55H56N6O10/c1-5-22-68-50-36-16-12-18-38(50)26-42-30-45(58-53(65)33(3)56-52(64)34(4)57-55(67)70-32-35-14-8-7-9-15-35)31-43(49(42)63)27-39-19-13-17-37(51(39)69-23-6-2)25-41-29-44(28-40(24-36)48(41)62)54(66)71-61-47-21-11-10-20-46(47)59-60-61/h7-21,28-31,33-34,62-63H,5-6,22-27,32H2,1-4H3,(H,56,64)(H,57,67)(H,58,65)/t33-,34-/m0/s1. The lowest BCUT2D eigenvalue weighted by Gasteiger charge is -2.22. The first-order chi connectivity index (χ1) is 34.4. The third kappa shape index (κ3) is 11.7. The second-order valence-electron chi connectivity index (χ2n) is 17.5. The molecule has 1 heterocycles. The zero-order valence-corrected chi connectivity index (χ0v) is 40.0. The number of carbonyl (C=O) groups excluding carboxylic acids is 4. The Hall–Kier alpha value is -8.40. The number of hydrogen-bond acceptors (Lipinski definition) is 12. The lowest BCUT2D eigenvalue weighted by Crippen LogP contribution is -2.50. The number of rotatable bonds is 15. The molecule has 2 atom stereocenters. The Kier molecular flexibility index (Phi) is 15.4. The SMILES string of the molecule is CCCOc1c2cccc1Cc1cc(C(=O)On3nnc4ccccc43)cc(c1O)Cc1cccc(c1OCCC)Cc1cc(NC(=O)[C@H](C)NC(=O)[C@H](C)NC(=O)OCc3ccccc3)cc(c1O)C2. The summed E-state index contributed by atoms with van der Waals surface area (Å²) in [6, 6.07) is 32.1. The van der Waals surface area contributed by atoms with Crippen LogP contribution in [0.4, 0.5) is 10.5 Å². The largest absolute Gasteiger partial charge is 0.507 e. The number of hydrogen-bond donors (Lipinski definition) is 5. The number of amides is 3. The van der Waals surface area contributed by atoms with Crippen molar-refractivity contribution >= 4 is 40.6 Å². The molecular weight excluding hydrogens is 905 g/mol. The number of alkyl carbamates (subject to hydrolysis) is 1. The number of anilines is 1. The van der Waals surface area contributed by atoms with Gasteiger partial charge in [-0.25, -0.2) is 9.59 Å². The number of nitrogens with one attached hydrogen (secondary N) is 3. The van der Waals surface area contributed by atoms with Gasteiger partial charge in [-0.3, -0.25) is 9.59 Å². The summed E-state index contributed by atoms with van der Waals surface area (Å²) in [7, 11) is 0. The van der Waals surface area contributed by atoms with E-state index in [1.807, 2.05) is 86.6 Å². The van der Waals surface area contributed by atoms with Crippen LogP contribution in [0, 0.1) is 0 Å². The van der Waals surface area contributed by atoms with Crippen molar-refractivity contribution in [3.05, 3.63) is 171 Å². The van der Waals surface area contributed by atoms with E-state index in [4.69, 9.17) is 19.0 Å². The third-order valence-electron chi connectivity index (χ3n) is 12.0. The summed E-state index contributed by atoms with van der Waals surface area (Å²) in [5, 5.41) is 40.6. The number of phenols is 2. The molecule has 8 rings (SSSR count). The highest BCUT2D eigenvalue weighted by Crippen LogP contribution is 2.40. The molecule has 0 spiro atoms. The van der Waals surface area contributed by atoms with Crippen LogP contribution in [-0.4, -0.2) is 74.5 Å². The van der Waals surface area contributed by atoms with E-state index in [0.29, 0.717) is 87.7 Å². The molecule has 0 aliphatic heterocycles. The Bertz CT molecular complexity index is 2980. The smallest absolute Gasteiger partial charge is 0.408 e. The van der Waals surface area contributed by atoms with Gasteiger partial charge in [0.25, 0.3) is 0 Å². The minimum absolute atomic E-state index is 0.000680. The Balaban J connectivity index is 1.13. The highest BCUT2D eigenvalue weighted by molar-refractivity contribution is 5.98. The predicted octanol–water partition coefficient (Wildman–Crippen LogP) is 8.12. The lowest BCUT2D eigenvalue weighted by atomic mass is 9.90. The van der Waals surface area contributed by atoms with E-state index in [-0.39, 0.29) is 49.4 Å². The monoisotopic (exact) mass is 960 g/mol. The number of carbonyl (C=O) groups is 4. The van der Waals surface area contributed by atoms with Crippen LogP contribution in [0.25, 0.3) is 11.0 Å². The first-order valence-electron chi connectivity index (χ1n) is 23.7. The van der Waals surface area contributed by atoms with Crippen LogP contribution in [0.2, 0.25) is 0 Å². The average Bonchev–Trinajstić information content (AvgIpc) is 3.77. The van der Waals surface area contributed by atoms with Gasteiger partial charge in [-0.05, 0) is 107 Å². The molecule has 0 unspecified atom stereocenters. The number of aromatic hydroxyl groups is 2. The van der Waals surface area contributed by atoms with E-state index in [1.54, 1.807) is 42.5 Å². The van der Waals surface area contributed by atoms with E-state index in [9.17, 15) is 29.4 Å². The molecular formula is C55H56N6O10. The maximum Gasteiger partial charge on any atom is 0.408 e. The van der Waals surface area contributed by atoms with Gasteiger partial charge >= 0.3 is 12.1 Å². The average molecular weight is 961 g/mol. The van der Waals surface area contributed by atoms with E-state index in [2.05, 4.69) is 26.3 Å². The number of aromatic nitrogens is 3. The molecule has 16 heteroatoms. The molecule has 16 nitrogen and oxygen atoms in total. The molecule has 0 radical (unpaired) electrons. The number of benzene rings is 6. The van der Waals surface area contributed by atoms with Crippen molar-refractivity contribution in [2.75, 3.05) is 18.5 Å². The van der Waals surface area contributed by atoms with Gasteiger partial charge in [-0.2, -0.15) is 0 Å². The molecule has 1 aliphatic rings. The van der Waals surface area contributed by atoms with Crippen LogP contribution in [0.3, 0.4) is 0 Å². The molecule has 0 fully saturated rings. The first kappa shape index (κ1) is 49.0. The topological polar surface area (TPSA) is 212 Å². The molecule has 5 N–H and O–H groups in total. The highest BCUT2D eigenvalue weighted by atomic mass is 16.7. The van der Waals surface area contributed by atoms with Crippen molar-refractivity contribution in [2.24, 2.45) is 0 Å². The van der Waals surface area contributed by atoms with Gasteiger partial charge in [-0.15, -0.1) is 5.10 Å². The number of ether oxygens (including phenoxy) is 3. The number of nitrogens with zero attached hydrogens (tertiary/aromatic N) is 3. The second kappa shape index (κ2) is 22.4.